The van der Waals surface area contributed by atoms with Gasteiger partial charge in [-0.2, -0.15) is 13.1 Å². The Morgan fingerprint density at radius 2 is 1.70 bits per heavy atom. The molecule has 1 unspecified atom stereocenters. The standard InChI is InChI=1S/C11H15N3O5S/c1-17-7-4-6(5-8(18-2)10(7)19-3)9-11(12)14-20(15,16)13-9/h4-5,9,13H,1-3H3,(H2,12,14). The Hall–Kier alpha value is -2.00. The maximum atomic E-state index is 11.4. The highest BCUT2D eigenvalue weighted by Gasteiger charge is 2.31. The van der Waals surface area contributed by atoms with Gasteiger partial charge in [0.1, 0.15) is 11.9 Å². The lowest BCUT2D eigenvalue weighted by atomic mass is 10.1. The molecule has 0 fully saturated rings. The van der Waals surface area contributed by atoms with Crippen LogP contribution < -0.4 is 24.7 Å². The van der Waals surface area contributed by atoms with Gasteiger partial charge >= 0.3 is 10.2 Å². The lowest BCUT2D eigenvalue weighted by Gasteiger charge is -2.16. The minimum absolute atomic E-state index is 0.0423. The summed E-state index contributed by atoms with van der Waals surface area (Å²) in [6.45, 7) is 0. The summed E-state index contributed by atoms with van der Waals surface area (Å²) in [4.78, 5) is 0. The fourth-order valence-electron chi connectivity index (χ4n) is 1.93. The average Bonchev–Trinajstić information content (AvgIpc) is 2.70. The zero-order valence-corrected chi connectivity index (χ0v) is 12.0. The summed E-state index contributed by atoms with van der Waals surface area (Å²) >= 11 is 0. The number of nitrogens with zero attached hydrogens (tertiary/aromatic N) is 1. The third-order valence-electron chi connectivity index (χ3n) is 2.81. The number of amidine groups is 1. The van der Waals surface area contributed by atoms with Gasteiger partial charge in [0.15, 0.2) is 11.5 Å². The lowest BCUT2D eigenvalue weighted by Crippen LogP contribution is -2.28. The van der Waals surface area contributed by atoms with E-state index in [0.717, 1.165) is 0 Å². The van der Waals surface area contributed by atoms with Crippen LogP contribution >= 0.6 is 0 Å². The summed E-state index contributed by atoms with van der Waals surface area (Å²) in [7, 11) is 0.672. The fourth-order valence-corrected chi connectivity index (χ4v) is 2.92. The summed E-state index contributed by atoms with van der Waals surface area (Å²) in [5.74, 6) is 1.18. The maximum Gasteiger partial charge on any atom is 0.322 e. The van der Waals surface area contributed by atoms with Crippen molar-refractivity contribution in [2.75, 3.05) is 21.3 Å². The molecule has 0 aromatic heterocycles. The maximum absolute atomic E-state index is 11.4. The van der Waals surface area contributed by atoms with E-state index in [1.807, 2.05) is 0 Å². The van der Waals surface area contributed by atoms with Crippen LogP contribution in [0.1, 0.15) is 11.6 Å². The molecular weight excluding hydrogens is 286 g/mol. The van der Waals surface area contributed by atoms with Crippen LogP contribution in [-0.2, 0) is 10.2 Å². The van der Waals surface area contributed by atoms with Gasteiger partial charge in [-0.15, -0.1) is 4.40 Å². The first-order valence-corrected chi connectivity index (χ1v) is 7.03. The molecular formula is C11H15N3O5S. The van der Waals surface area contributed by atoms with Crippen molar-refractivity contribution in [2.45, 2.75) is 6.04 Å². The van der Waals surface area contributed by atoms with Gasteiger partial charge in [-0.3, -0.25) is 0 Å². The SMILES string of the molecule is COc1cc(C2NS(=O)(=O)N=C2N)cc(OC)c1OC. The highest BCUT2D eigenvalue weighted by molar-refractivity contribution is 7.88. The number of ether oxygens (including phenoxy) is 3. The zero-order valence-electron chi connectivity index (χ0n) is 11.2. The van der Waals surface area contributed by atoms with E-state index in [4.69, 9.17) is 19.9 Å². The average molecular weight is 301 g/mol. The monoisotopic (exact) mass is 301 g/mol. The normalized spacial score (nSPS) is 20.4. The molecule has 110 valence electrons. The molecule has 1 heterocycles. The highest BCUT2D eigenvalue weighted by atomic mass is 32.2. The predicted octanol–water partition coefficient (Wildman–Crippen LogP) is -0.0413. The van der Waals surface area contributed by atoms with Crippen LogP contribution in [-0.4, -0.2) is 35.6 Å². The lowest BCUT2D eigenvalue weighted by molar-refractivity contribution is 0.323. The van der Waals surface area contributed by atoms with Gasteiger partial charge in [0, 0.05) is 0 Å². The molecule has 1 aromatic carbocycles. The number of hydrogen-bond acceptors (Lipinski definition) is 6. The Kier molecular flexibility index (Phi) is 3.73. The smallest absolute Gasteiger partial charge is 0.322 e. The number of benzene rings is 1. The Bertz CT molecular complexity index is 631. The van der Waals surface area contributed by atoms with Crippen molar-refractivity contribution >= 4 is 16.0 Å². The second-order valence-corrected chi connectivity index (χ2v) is 5.37. The molecule has 8 nitrogen and oxygen atoms in total. The van der Waals surface area contributed by atoms with Crippen LogP contribution in [0.2, 0.25) is 0 Å². The number of methoxy groups -OCH3 is 3. The van der Waals surface area contributed by atoms with Gasteiger partial charge in [0.2, 0.25) is 5.75 Å². The molecule has 0 saturated heterocycles. The first-order chi connectivity index (χ1) is 9.41. The number of nitrogens with two attached hydrogens (primary N) is 1. The number of nitrogens with one attached hydrogen (secondary N) is 1. The Morgan fingerprint density at radius 1 is 1.15 bits per heavy atom. The van der Waals surface area contributed by atoms with Crippen LogP contribution in [0.3, 0.4) is 0 Å². The van der Waals surface area contributed by atoms with Gasteiger partial charge in [0.05, 0.1) is 21.3 Å². The highest BCUT2D eigenvalue weighted by Crippen LogP contribution is 2.40. The van der Waals surface area contributed by atoms with Crippen LogP contribution in [0.25, 0.3) is 0 Å². The van der Waals surface area contributed by atoms with Gasteiger partial charge in [-0.1, -0.05) is 0 Å². The van der Waals surface area contributed by atoms with E-state index in [1.165, 1.54) is 21.3 Å². The molecule has 1 aromatic rings. The molecule has 1 atom stereocenters. The largest absolute Gasteiger partial charge is 0.493 e. The molecule has 2 rings (SSSR count). The molecule has 0 spiro atoms. The summed E-state index contributed by atoms with van der Waals surface area (Å²) < 4.78 is 44.1. The molecule has 3 N–H and O–H groups in total. The molecule has 0 amide bonds. The second-order valence-electron chi connectivity index (χ2n) is 4.00. The van der Waals surface area contributed by atoms with Crippen LogP contribution in [0, 0.1) is 0 Å². The van der Waals surface area contributed by atoms with Gasteiger partial charge in [-0.05, 0) is 17.7 Å². The Morgan fingerprint density at radius 3 is 2.05 bits per heavy atom. The molecule has 1 aliphatic heterocycles. The van der Waals surface area contributed by atoms with E-state index in [1.54, 1.807) is 12.1 Å². The van der Waals surface area contributed by atoms with Crippen molar-refractivity contribution < 1.29 is 22.6 Å². The minimum atomic E-state index is -3.75. The molecule has 0 bridgehead atoms. The second kappa shape index (κ2) is 5.17. The molecule has 20 heavy (non-hydrogen) atoms. The topological polar surface area (TPSA) is 112 Å². The Labute approximate surface area is 116 Å². The van der Waals surface area contributed by atoms with E-state index in [9.17, 15) is 8.42 Å². The zero-order chi connectivity index (χ0) is 14.9. The van der Waals surface area contributed by atoms with Crippen molar-refractivity contribution in [3.8, 4) is 17.2 Å². The summed E-state index contributed by atoms with van der Waals surface area (Å²) in [5, 5.41) is 0. The van der Waals surface area contributed by atoms with Crippen molar-refractivity contribution in [3.05, 3.63) is 17.7 Å². The molecule has 1 aliphatic rings. The first-order valence-electron chi connectivity index (χ1n) is 5.59. The molecule has 0 aliphatic carbocycles. The fraction of sp³-hybridized carbons (Fsp3) is 0.364. The van der Waals surface area contributed by atoms with E-state index in [-0.39, 0.29) is 5.84 Å². The summed E-state index contributed by atoms with van der Waals surface area (Å²) in [6, 6.07) is 2.47. The third kappa shape index (κ3) is 2.49. The van der Waals surface area contributed by atoms with Crippen LogP contribution in [0.4, 0.5) is 0 Å². The summed E-state index contributed by atoms with van der Waals surface area (Å²) in [5.41, 5.74) is 6.18. The van der Waals surface area contributed by atoms with Gasteiger partial charge < -0.3 is 19.9 Å². The quantitative estimate of drug-likeness (QED) is 0.807. The molecule has 0 radical (unpaired) electrons. The van der Waals surface area contributed by atoms with E-state index >= 15 is 0 Å². The Balaban J connectivity index is 2.52. The molecule has 9 heteroatoms. The van der Waals surface area contributed by atoms with E-state index in [2.05, 4.69) is 9.12 Å². The third-order valence-corrected chi connectivity index (χ3v) is 3.79. The van der Waals surface area contributed by atoms with Gasteiger partial charge in [-0.25, -0.2) is 0 Å². The minimum Gasteiger partial charge on any atom is -0.493 e. The summed E-state index contributed by atoms with van der Waals surface area (Å²) in [6.07, 6.45) is 0. The van der Waals surface area contributed by atoms with Crippen molar-refractivity contribution in [1.29, 1.82) is 0 Å². The van der Waals surface area contributed by atoms with Crippen molar-refractivity contribution in [1.82, 2.24) is 4.72 Å². The van der Waals surface area contributed by atoms with Crippen molar-refractivity contribution in [3.63, 3.8) is 0 Å². The van der Waals surface area contributed by atoms with E-state index in [0.29, 0.717) is 22.8 Å². The van der Waals surface area contributed by atoms with Gasteiger partial charge in [0.25, 0.3) is 0 Å². The number of hydrogen-bond donors (Lipinski definition) is 2. The first kappa shape index (κ1) is 14.4. The van der Waals surface area contributed by atoms with Crippen LogP contribution in [0.5, 0.6) is 17.2 Å². The predicted molar refractivity (Wildman–Crippen MR) is 72.5 cm³/mol. The number of rotatable bonds is 4. The molecule has 0 saturated carbocycles. The van der Waals surface area contributed by atoms with Crippen molar-refractivity contribution in [2.24, 2.45) is 10.1 Å². The van der Waals surface area contributed by atoms with Crippen LogP contribution in [0.15, 0.2) is 16.5 Å². The van der Waals surface area contributed by atoms with E-state index < -0.39 is 16.3 Å².